The van der Waals surface area contributed by atoms with Gasteiger partial charge in [-0.2, -0.15) is 0 Å². The molecule has 1 aromatic heterocycles. The summed E-state index contributed by atoms with van der Waals surface area (Å²) in [6.45, 7) is 1.67. The summed E-state index contributed by atoms with van der Waals surface area (Å²) in [5, 5.41) is 13.6. The van der Waals surface area contributed by atoms with Crippen LogP contribution in [0.2, 0.25) is 0 Å². The number of β-amino-alcohol motifs (C(OH)–C–C–N with tert-alkyl or cyclic N) is 1. The molecule has 0 aliphatic carbocycles. The van der Waals surface area contributed by atoms with Crippen molar-refractivity contribution in [1.82, 2.24) is 10.3 Å². The third kappa shape index (κ3) is 2.71. The molecule has 4 nitrogen and oxygen atoms in total. The van der Waals surface area contributed by atoms with Crippen LogP contribution in [0.15, 0.2) is 18.3 Å². The highest BCUT2D eigenvalue weighted by molar-refractivity contribution is 5.19. The number of nitrogens with zero attached hydrogens (tertiary/aromatic N) is 1. The second-order valence-corrected chi connectivity index (χ2v) is 4.39. The van der Waals surface area contributed by atoms with Crippen LogP contribution in [0.3, 0.4) is 0 Å². The highest BCUT2D eigenvalue weighted by Crippen LogP contribution is 2.21. The van der Waals surface area contributed by atoms with Gasteiger partial charge < -0.3 is 15.2 Å². The van der Waals surface area contributed by atoms with Crippen molar-refractivity contribution in [2.75, 3.05) is 20.2 Å². The van der Waals surface area contributed by atoms with E-state index in [0.29, 0.717) is 18.8 Å². The third-order valence-electron chi connectivity index (χ3n) is 2.99. The molecule has 0 radical (unpaired) electrons. The van der Waals surface area contributed by atoms with E-state index < -0.39 is 5.60 Å². The lowest BCUT2D eigenvalue weighted by atomic mass is 9.88. The molecule has 2 heterocycles. The third-order valence-corrected chi connectivity index (χ3v) is 2.99. The van der Waals surface area contributed by atoms with Crippen molar-refractivity contribution in [1.29, 1.82) is 0 Å². The van der Waals surface area contributed by atoms with Crippen molar-refractivity contribution in [3.63, 3.8) is 0 Å². The topological polar surface area (TPSA) is 54.4 Å². The number of hydrogen-bond acceptors (Lipinski definition) is 4. The predicted molar refractivity (Wildman–Crippen MR) is 61.5 cm³/mol. The molecule has 0 amide bonds. The molecule has 1 unspecified atom stereocenters. The predicted octanol–water partition coefficient (Wildman–Crippen LogP) is 0.747. The smallest absolute Gasteiger partial charge is 0.212 e. The van der Waals surface area contributed by atoms with Gasteiger partial charge in [0, 0.05) is 25.2 Å². The lowest BCUT2D eigenvalue weighted by Crippen LogP contribution is -2.47. The van der Waals surface area contributed by atoms with Gasteiger partial charge in [-0.15, -0.1) is 0 Å². The Morgan fingerprint density at radius 2 is 2.44 bits per heavy atom. The van der Waals surface area contributed by atoms with Crippen LogP contribution in [0.4, 0.5) is 0 Å². The van der Waals surface area contributed by atoms with Crippen molar-refractivity contribution < 1.29 is 9.84 Å². The first kappa shape index (κ1) is 11.4. The number of piperidine rings is 1. The Kier molecular flexibility index (Phi) is 3.41. The summed E-state index contributed by atoms with van der Waals surface area (Å²) in [6.07, 6.45) is 4.30. The second-order valence-electron chi connectivity index (χ2n) is 4.39. The van der Waals surface area contributed by atoms with Gasteiger partial charge in [0.05, 0.1) is 12.7 Å². The molecule has 1 fully saturated rings. The molecule has 88 valence electrons. The fourth-order valence-corrected chi connectivity index (χ4v) is 2.12. The van der Waals surface area contributed by atoms with Crippen LogP contribution in [0, 0.1) is 0 Å². The molecule has 4 heteroatoms. The Bertz CT molecular complexity index is 331. The molecule has 2 N–H and O–H groups in total. The zero-order valence-corrected chi connectivity index (χ0v) is 9.57. The zero-order valence-electron chi connectivity index (χ0n) is 9.57. The summed E-state index contributed by atoms with van der Waals surface area (Å²) in [4.78, 5) is 4.14. The molecular weight excluding hydrogens is 204 g/mol. The summed E-state index contributed by atoms with van der Waals surface area (Å²) >= 11 is 0. The largest absolute Gasteiger partial charge is 0.481 e. The summed E-state index contributed by atoms with van der Waals surface area (Å²) < 4.78 is 5.00. The molecule has 1 saturated heterocycles. The number of pyridine rings is 1. The molecule has 0 aromatic carbocycles. The van der Waals surface area contributed by atoms with Crippen molar-refractivity contribution in [2.24, 2.45) is 0 Å². The van der Waals surface area contributed by atoms with Crippen LogP contribution >= 0.6 is 0 Å². The molecule has 0 saturated carbocycles. The van der Waals surface area contributed by atoms with E-state index in [9.17, 15) is 5.11 Å². The number of aliphatic hydroxyl groups is 1. The lowest BCUT2D eigenvalue weighted by molar-refractivity contribution is 0.0168. The molecule has 0 spiro atoms. The van der Waals surface area contributed by atoms with Gasteiger partial charge in [-0.3, -0.25) is 0 Å². The van der Waals surface area contributed by atoms with Gasteiger partial charge in [0.15, 0.2) is 0 Å². The van der Waals surface area contributed by atoms with E-state index >= 15 is 0 Å². The molecular formula is C12H18N2O2. The van der Waals surface area contributed by atoms with E-state index in [1.807, 2.05) is 12.1 Å². The van der Waals surface area contributed by atoms with Crippen LogP contribution in [0.5, 0.6) is 5.88 Å². The minimum Gasteiger partial charge on any atom is -0.481 e. The number of aromatic nitrogens is 1. The number of methoxy groups -OCH3 is 1. The number of ether oxygens (including phenoxy) is 1. The molecule has 2 rings (SSSR count). The van der Waals surface area contributed by atoms with Crippen LogP contribution < -0.4 is 10.1 Å². The van der Waals surface area contributed by atoms with Crippen LogP contribution in [-0.4, -0.2) is 35.9 Å². The van der Waals surface area contributed by atoms with Gasteiger partial charge in [-0.1, -0.05) is 6.07 Å². The molecule has 1 aliphatic rings. The Morgan fingerprint density at radius 3 is 3.00 bits per heavy atom. The van der Waals surface area contributed by atoms with E-state index in [4.69, 9.17) is 4.74 Å². The maximum atomic E-state index is 10.3. The molecule has 1 aromatic rings. The molecule has 1 aliphatic heterocycles. The Labute approximate surface area is 95.7 Å². The minimum absolute atomic E-state index is 0.609. The van der Waals surface area contributed by atoms with Gasteiger partial charge in [0.1, 0.15) is 0 Å². The Morgan fingerprint density at radius 1 is 1.56 bits per heavy atom. The van der Waals surface area contributed by atoms with Gasteiger partial charge >= 0.3 is 0 Å². The maximum Gasteiger partial charge on any atom is 0.212 e. The van der Waals surface area contributed by atoms with E-state index in [1.165, 1.54) is 0 Å². The molecule has 16 heavy (non-hydrogen) atoms. The van der Waals surface area contributed by atoms with Crippen molar-refractivity contribution in [2.45, 2.75) is 24.9 Å². The minimum atomic E-state index is -0.617. The first-order valence-electron chi connectivity index (χ1n) is 5.64. The van der Waals surface area contributed by atoms with Crippen LogP contribution in [0.1, 0.15) is 18.4 Å². The number of hydrogen-bond donors (Lipinski definition) is 2. The van der Waals surface area contributed by atoms with E-state index in [-0.39, 0.29) is 0 Å². The highest BCUT2D eigenvalue weighted by atomic mass is 16.5. The zero-order chi connectivity index (χ0) is 11.4. The normalized spacial score (nSPS) is 25.4. The van der Waals surface area contributed by atoms with Crippen LogP contribution in [0.25, 0.3) is 0 Å². The molecule has 1 atom stereocenters. The van der Waals surface area contributed by atoms with Gasteiger partial charge in [0.25, 0.3) is 0 Å². The fourth-order valence-electron chi connectivity index (χ4n) is 2.12. The highest BCUT2D eigenvalue weighted by Gasteiger charge is 2.29. The fraction of sp³-hybridized carbons (Fsp3) is 0.583. The first-order valence-corrected chi connectivity index (χ1v) is 5.64. The van der Waals surface area contributed by atoms with Crippen molar-refractivity contribution >= 4 is 0 Å². The average Bonchev–Trinajstić information content (AvgIpc) is 2.30. The van der Waals surface area contributed by atoms with Crippen molar-refractivity contribution in [3.8, 4) is 5.88 Å². The van der Waals surface area contributed by atoms with E-state index in [2.05, 4.69) is 10.3 Å². The van der Waals surface area contributed by atoms with Crippen LogP contribution in [-0.2, 0) is 6.42 Å². The summed E-state index contributed by atoms with van der Waals surface area (Å²) in [5.74, 6) is 0.609. The second kappa shape index (κ2) is 4.80. The summed E-state index contributed by atoms with van der Waals surface area (Å²) in [7, 11) is 1.60. The lowest BCUT2D eigenvalue weighted by Gasteiger charge is -2.32. The first-order chi connectivity index (χ1) is 7.72. The van der Waals surface area contributed by atoms with Gasteiger partial charge in [-0.25, -0.2) is 4.98 Å². The SMILES string of the molecule is COc1ccc(CC2(O)CCCNC2)cn1. The van der Waals surface area contributed by atoms with E-state index in [1.54, 1.807) is 13.3 Å². The summed E-state index contributed by atoms with van der Waals surface area (Å²) in [5.41, 5.74) is 0.432. The standard InChI is InChI=1S/C12H18N2O2/c1-16-11-4-3-10(8-14-11)7-12(15)5-2-6-13-9-12/h3-4,8,13,15H,2,5-7,9H2,1H3. The van der Waals surface area contributed by atoms with Crippen molar-refractivity contribution in [3.05, 3.63) is 23.9 Å². The number of rotatable bonds is 3. The monoisotopic (exact) mass is 222 g/mol. The summed E-state index contributed by atoms with van der Waals surface area (Å²) in [6, 6.07) is 3.79. The Hall–Kier alpha value is -1.13. The van der Waals surface area contributed by atoms with Gasteiger partial charge in [-0.05, 0) is 24.9 Å². The quantitative estimate of drug-likeness (QED) is 0.792. The maximum absolute atomic E-state index is 10.3. The average molecular weight is 222 g/mol. The number of nitrogens with one attached hydrogen (secondary N) is 1. The Balaban J connectivity index is 2.01. The molecule has 0 bridgehead atoms. The van der Waals surface area contributed by atoms with E-state index in [0.717, 1.165) is 24.9 Å². The van der Waals surface area contributed by atoms with Gasteiger partial charge in [0.2, 0.25) is 5.88 Å².